The summed E-state index contributed by atoms with van der Waals surface area (Å²) in [7, 11) is 1.82. The molecule has 1 aromatic heterocycles. The van der Waals surface area contributed by atoms with Crippen LogP contribution in [0.5, 0.6) is 0 Å². The van der Waals surface area contributed by atoms with Gasteiger partial charge in [-0.2, -0.15) is 0 Å². The van der Waals surface area contributed by atoms with E-state index in [0.29, 0.717) is 6.54 Å². The third kappa shape index (κ3) is 3.14. The Labute approximate surface area is 119 Å². The summed E-state index contributed by atoms with van der Waals surface area (Å²) in [5, 5.41) is 5.58. The number of aromatic nitrogens is 1. The standard InChI is InChI=1S/C16H21N3O/c1-4-19(3)16(20)12(2)18-11-14-10-17-9-13-7-5-6-8-15(13)14/h5-10,12,18H,4,11H2,1-3H3. The molecule has 0 saturated carbocycles. The van der Waals surface area contributed by atoms with Gasteiger partial charge in [0.05, 0.1) is 6.04 Å². The first-order valence-corrected chi connectivity index (χ1v) is 6.93. The molecule has 0 aliphatic carbocycles. The Bertz CT molecular complexity index is 592. The minimum Gasteiger partial charge on any atom is -0.345 e. The van der Waals surface area contributed by atoms with Crippen molar-refractivity contribution in [2.75, 3.05) is 13.6 Å². The Morgan fingerprint density at radius 3 is 2.85 bits per heavy atom. The summed E-state index contributed by atoms with van der Waals surface area (Å²) in [5.74, 6) is 0.112. The first-order valence-electron chi connectivity index (χ1n) is 6.93. The summed E-state index contributed by atoms with van der Waals surface area (Å²) in [5.41, 5.74) is 1.11. The van der Waals surface area contributed by atoms with Crippen LogP contribution in [0.3, 0.4) is 0 Å². The average molecular weight is 271 g/mol. The number of rotatable bonds is 5. The molecule has 1 aromatic carbocycles. The summed E-state index contributed by atoms with van der Waals surface area (Å²) < 4.78 is 0. The number of nitrogens with zero attached hydrogens (tertiary/aromatic N) is 2. The summed E-state index contributed by atoms with van der Waals surface area (Å²) in [6, 6.07) is 7.96. The number of carbonyl (C=O) groups excluding carboxylic acids is 1. The molecule has 106 valence electrons. The van der Waals surface area contributed by atoms with Gasteiger partial charge in [-0.15, -0.1) is 0 Å². The molecule has 2 rings (SSSR count). The fraction of sp³-hybridized carbons (Fsp3) is 0.375. The number of hydrogen-bond donors (Lipinski definition) is 1. The molecule has 0 spiro atoms. The second-order valence-corrected chi connectivity index (χ2v) is 4.97. The van der Waals surface area contributed by atoms with Crippen LogP contribution in [-0.4, -0.2) is 35.4 Å². The second-order valence-electron chi connectivity index (χ2n) is 4.97. The van der Waals surface area contributed by atoms with Crippen LogP contribution in [0.15, 0.2) is 36.7 Å². The van der Waals surface area contributed by atoms with Crippen molar-refractivity contribution >= 4 is 16.7 Å². The summed E-state index contributed by atoms with van der Waals surface area (Å²) in [6.07, 6.45) is 3.72. The van der Waals surface area contributed by atoms with E-state index in [0.717, 1.165) is 17.5 Å². The summed E-state index contributed by atoms with van der Waals surface area (Å²) in [6.45, 7) is 5.23. The molecule has 1 amide bonds. The van der Waals surface area contributed by atoms with Gasteiger partial charge in [0, 0.05) is 37.9 Å². The lowest BCUT2D eigenvalue weighted by Crippen LogP contribution is -2.42. The van der Waals surface area contributed by atoms with E-state index in [1.807, 2.05) is 51.5 Å². The highest BCUT2D eigenvalue weighted by Crippen LogP contribution is 2.16. The number of benzene rings is 1. The van der Waals surface area contributed by atoms with Gasteiger partial charge >= 0.3 is 0 Å². The molecule has 20 heavy (non-hydrogen) atoms. The molecule has 2 aromatic rings. The molecule has 0 saturated heterocycles. The van der Waals surface area contributed by atoms with E-state index in [-0.39, 0.29) is 11.9 Å². The molecule has 1 N–H and O–H groups in total. The highest BCUT2D eigenvalue weighted by Gasteiger charge is 2.15. The number of hydrogen-bond acceptors (Lipinski definition) is 3. The highest BCUT2D eigenvalue weighted by molar-refractivity contribution is 5.85. The normalized spacial score (nSPS) is 12.3. The van der Waals surface area contributed by atoms with E-state index in [4.69, 9.17) is 0 Å². The van der Waals surface area contributed by atoms with Gasteiger partial charge < -0.3 is 10.2 Å². The van der Waals surface area contributed by atoms with Gasteiger partial charge in [-0.3, -0.25) is 9.78 Å². The molecule has 1 atom stereocenters. The minimum atomic E-state index is -0.195. The Morgan fingerprint density at radius 2 is 2.10 bits per heavy atom. The minimum absolute atomic E-state index is 0.112. The Balaban J connectivity index is 2.08. The van der Waals surface area contributed by atoms with Crippen LogP contribution < -0.4 is 5.32 Å². The molecule has 4 heteroatoms. The monoisotopic (exact) mass is 271 g/mol. The van der Waals surface area contributed by atoms with Gasteiger partial charge in [-0.1, -0.05) is 24.3 Å². The fourth-order valence-corrected chi connectivity index (χ4v) is 2.16. The predicted molar refractivity (Wildman–Crippen MR) is 81.4 cm³/mol. The zero-order chi connectivity index (χ0) is 14.5. The number of fused-ring (bicyclic) bond motifs is 1. The van der Waals surface area contributed by atoms with Crippen molar-refractivity contribution in [2.45, 2.75) is 26.4 Å². The second kappa shape index (κ2) is 6.48. The number of carbonyl (C=O) groups is 1. The van der Waals surface area contributed by atoms with Crippen molar-refractivity contribution in [1.82, 2.24) is 15.2 Å². The van der Waals surface area contributed by atoms with Crippen LogP contribution >= 0.6 is 0 Å². The Hall–Kier alpha value is -1.94. The van der Waals surface area contributed by atoms with Crippen LogP contribution in [0.2, 0.25) is 0 Å². The zero-order valence-electron chi connectivity index (χ0n) is 12.3. The Kier molecular flexibility index (Phi) is 4.69. The molecule has 0 aliphatic heterocycles. The van der Waals surface area contributed by atoms with Crippen LogP contribution in [0.4, 0.5) is 0 Å². The maximum Gasteiger partial charge on any atom is 0.239 e. The van der Waals surface area contributed by atoms with Crippen molar-refractivity contribution in [1.29, 1.82) is 0 Å². The van der Waals surface area contributed by atoms with E-state index in [1.165, 1.54) is 5.39 Å². The molecular weight excluding hydrogens is 250 g/mol. The first kappa shape index (κ1) is 14.5. The van der Waals surface area contributed by atoms with Gasteiger partial charge in [0.1, 0.15) is 0 Å². The molecule has 0 radical (unpaired) electrons. The lowest BCUT2D eigenvalue weighted by Gasteiger charge is -2.20. The summed E-state index contributed by atoms with van der Waals surface area (Å²) >= 11 is 0. The van der Waals surface area contributed by atoms with E-state index < -0.39 is 0 Å². The van der Waals surface area contributed by atoms with Gasteiger partial charge in [-0.25, -0.2) is 0 Å². The zero-order valence-corrected chi connectivity index (χ0v) is 12.3. The van der Waals surface area contributed by atoms with E-state index in [9.17, 15) is 4.79 Å². The number of nitrogens with one attached hydrogen (secondary N) is 1. The largest absolute Gasteiger partial charge is 0.345 e. The highest BCUT2D eigenvalue weighted by atomic mass is 16.2. The number of amides is 1. The van der Waals surface area contributed by atoms with E-state index >= 15 is 0 Å². The topological polar surface area (TPSA) is 45.2 Å². The smallest absolute Gasteiger partial charge is 0.239 e. The van der Waals surface area contributed by atoms with Crippen LogP contribution in [-0.2, 0) is 11.3 Å². The maximum atomic E-state index is 12.0. The molecule has 0 bridgehead atoms. The number of pyridine rings is 1. The third-order valence-electron chi connectivity index (χ3n) is 3.57. The molecule has 1 heterocycles. The molecule has 4 nitrogen and oxygen atoms in total. The SMILES string of the molecule is CCN(C)C(=O)C(C)NCc1cncc2ccccc12. The van der Waals surface area contributed by atoms with Crippen molar-refractivity contribution in [3.63, 3.8) is 0 Å². The molecule has 1 unspecified atom stereocenters. The Morgan fingerprint density at radius 1 is 1.35 bits per heavy atom. The average Bonchev–Trinajstić information content (AvgIpc) is 2.50. The fourth-order valence-electron chi connectivity index (χ4n) is 2.16. The third-order valence-corrected chi connectivity index (χ3v) is 3.57. The maximum absolute atomic E-state index is 12.0. The number of likely N-dealkylation sites (N-methyl/N-ethyl adjacent to an activating group) is 1. The van der Waals surface area contributed by atoms with Crippen molar-refractivity contribution in [2.24, 2.45) is 0 Å². The van der Waals surface area contributed by atoms with Crippen LogP contribution in [0, 0.1) is 0 Å². The summed E-state index contributed by atoms with van der Waals surface area (Å²) in [4.78, 5) is 18.0. The quantitative estimate of drug-likeness (QED) is 0.906. The van der Waals surface area contributed by atoms with Crippen molar-refractivity contribution in [3.05, 3.63) is 42.2 Å². The molecular formula is C16H21N3O. The van der Waals surface area contributed by atoms with E-state index in [2.05, 4.69) is 16.4 Å². The van der Waals surface area contributed by atoms with Crippen LogP contribution in [0.25, 0.3) is 10.8 Å². The first-order chi connectivity index (χ1) is 9.63. The van der Waals surface area contributed by atoms with Gasteiger partial charge in [0.15, 0.2) is 0 Å². The predicted octanol–water partition coefficient (Wildman–Crippen LogP) is 2.19. The molecule has 0 aliphatic rings. The van der Waals surface area contributed by atoms with Crippen LogP contribution in [0.1, 0.15) is 19.4 Å². The van der Waals surface area contributed by atoms with Crippen molar-refractivity contribution < 1.29 is 4.79 Å². The van der Waals surface area contributed by atoms with E-state index in [1.54, 1.807) is 4.90 Å². The van der Waals surface area contributed by atoms with Crippen molar-refractivity contribution in [3.8, 4) is 0 Å². The lowest BCUT2D eigenvalue weighted by molar-refractivity contribution is -0.131. The van der Waals surface area contributed by atoms with Gasteiger partial charge in [-0.05, 0) is 24.8 Å². The molecule has 0 fully saturated rings. The van der Waals surface area contributed by atoms with Gasteiger partial charge in [0.2, 0.25) is 5.91 Å². The van der Waals surface area contributed by atoms with Gasteiger partial charge in [0.25, 0.3) is 0 Å². The lowest BCUT2D eigenvalue weighted by atomic mass is 10.1.